The molecule has 2 rings (SSSR count). The summed E-state index contributed by atoms with van der Waals surface area (Å²) in [5.41, 5.74) is 0.732. The summed E-state index contributed by atoms with van der Waals surface area (Å²) in [6.07, 6.45) is 1.84. The summed E-state index contributed by atoms with van der Waals surface area (Å²) in [4.78, 5) is 0.276. The van der Waals surface area contributed by atoms with Crippen LogP contribution in [0.25, 0.3) is 0 Å². The third kappa shape index (κ3) is 3.28. The largest absolute Gasteiger partial charge is 0.273 e. The van der Waals surface area contributed by atoms with E-state index in [9.17, 15) is 8.42 Å². The molecule has 0 unspecified atom stereocenters. The van der Waals surface area contributed by atoms with Gasteiger partial charge in [-0.1, -0.05) is 15.9 Å². The van der Waals surface area contributed by atoms with Crippen LogP contribution < -0.4 is 0 Å². The van der Waals surface area contributed by atoms with E-state index in [0.29, 0.717) is 0 Å². The van der Waals surface area contributed by atoms with Crippen LogP contribution in [0.1, 0.15) is 12.6 Å². The van der Waals surface area contributed by atoms with Gasteiger partial charge in [-0.2, -0.15) is 9.40 Å². The molecule has 7 heteroatoms. The molecule has 0 aliphatic heterocycles. The number of aryl methyl sites for hydroxylation is 1. The third-order valence-corrected chi connectivity index (χ3v) is 5.27. The first-order valence-corrected chi connectivity index (χ1v) is 8.41. The predicted octanol–water partition coefficient (Wildman–Crippen LogP) is 2.49. The van der Waals surface area contributed by atoms with E-state index in [4.69, 9.17) is 0 Å². The highest BCUT2D eigenvalue weighted by molar-refractivity contribution is 9.10. The molecule has 0 N–H and O–H groups in total. The molecule has 108 valence electrons. The van der Waals surface area contributed by atoms with Crippen molar-refractivity contribution in [2.45, 2.75) is 24.9 Å². The second-order valence-corrected chi connectivity index (χ2v) is 7.34. The number of sulfonamides is 1. The second-order valence-electron chi connectivity index (χ2n) is 4.38. The van der Waals surface area contributed by atoms with Crippen LogP contribution >= 0.6 is 15.9 Å². The van der Waals surface area contributed by atoms with Crippen LogP contribution in [-0.4, -0.2) is 29.6 Å². The van der Waals surface area contributed by atoms with Gasteiger partial charge >= 0.3 is 0 Å². The molecule has 0 radical (unpaired) electrons. The van der Waals surface area contributed by atoms with E-state index in [1.807, 2.05) is 19.2 Å². The average Bonchev–Trinajstić information content (AvgIpc) is 2.87. The van der Waals surface area contributed by atoms with Gasteiger partial charge in [-0.3, -0.25) is 4.68 Å². The number of benzene rings is 1. The van der Waals surface area contributed by atoms with Crippen LogP contribution in [0.2, 0.25) is 0 Å². The maximum absolute atomic E-state index is 12.4. The third-order valence-electron chi connectivity index (χ3n) is 2.93. The van der Waals surface area contributed by atoms with Gasteiger partial charge in [0.25, 0.3) is 0 Å². The molecule has 1 aromatic carbocycles. The molecule has 1 aromatic heterocycles. The minimum atomic E-state index is -3.49. The van der Waals surface area contributed by atoms with E-state index >= 15 is 0 Å². The van der Waals surface area contributed by atoms with Gasteiger partial charge in [0.15, 0.2) is 0 Å². The van der Waals surface area contributed by atoms with Gasteiger partial charge in [0.1, 0.15) is 0 Å². The lowest BCUT2D eigenvalue weighted by molar-refractivity contribution is 0.458. The van der Waals surface area contributed by atoms with E-state index in [1.54, 1.807) is 36.0 Å². The Morgan fingerprint density at radius 1 is 1.25 bits per heavy atom. The normalized spacial score (nSPS) is 12.0. The fourth-order valence-electron chi connectivity index (χ4n) is 1.76. The van der Waals surface area contributed by atoms with Crippen molar-refractivity contribution in [1.29, 1.82) is 0 Å². The number of nitrogens with zero attached hydrogens (tertiary/aromatic N) is 3. The Morgan fingerprint density at radius 2 is 1.90 bits per heavy atom. The first kappa shape index (κ1) is 15.2. The lowest BCUT2D eigenvalue weighted by Crippen LogP contribution is -2.26. The highest BCUT2D eigenvalue weighted by Crippen LogP contribution is 2.19. The van der Waals surface area contributed by atoms with Crippen molar-refractivity contribution in [2.24, 2.45) is 0 Å². The topological polar surface area (TPSA) is 55.2 Å². The maximum Gasteiger partial charge on any atom is 0.243 e. The van der Waals surface area contributed by atoms with Gasteiger partial charge in [-0.15, -0.1) is 0 Å². The Labute approximate surface area is 127 Å². The van der Waals surface area contributed by atoms with Crippen molar-refractivity contribution in [2.75, 3.05) is 7.05 Å². The summed E-state index contributed by atoms with van der Waals surface area (Å²) < 4.78 is 28.7. The van der Waals surface area contributed by atoms with Gasteiger partial charge < -0.3 is 0 Å². The zero-order valence-electron chi connectivity index (χ0n) is 11.3. The minimum Gasteiger partial charge on any atom is -0.273 e. The van der Waals surface area contributed by atoms with Gasteiger partial charge in [0.05, 0.1) is 17.1 Å². The molecule has 0 aliphatic carbocycles. The molecular formula is C13H16BrN3O2S. The van der Waals surface area contributed by atoms with Crippen molar-refractivity contribution < 1.29 is 8.42 Å². The van der Waals surface area contributed by atoms with Crippen LogP contribution in [0.15, 0.2) is 45.9 Å². The number of halogens is 1. The van der Waals surface area contributed by atoms with Crippen molar-refractivity contribution >= 4 is 26.0 Å². The zero-order valence-corrected chi connectivity index (χ0v) is 13.7. The lowest BCUT2D eigenvalue weighted by Gasteiger charge is -2.16. The monoisotopic (exact) mass is 357 g/mol. The SMILES string of the molecule is CCn1ccc(CN(C)S(=O)(=O)c2ccc(Br)cc2)n1. The molecular weight excluding hydrogens is 342 g/mol. The molecule has 0 atom stereocenters. The van der Waals surface area contributed by atoms with Gasteiger partial charge in [0, 0.05) is 24.3 Å². The molecule has 1 heterocycles. The van der Waals surface area contributed by atoms with Crippen molar-refractivity contribution in [3.8, 4) is 0 Å². The van der Waals surface area contributed by atoms with Gasteiger partial charge in [-0.05, 0) is 37.3 Å². The molecule has 20 heavy (non-hydrogen) atoms. The minimum absolute atomic E-state index is 0.255. The first-order valence-electron chi connectivity index (χ1n) is 6.17. The number of rotatable bonds is 5. The summed E-state index contributed by atoms with van der Waals surface area (Å²) in [6, 6.07) is 8.43. The Morgan fingerprint density at radius 3 is 2.45 bits per heavy atom. The molecule has 0 amide bonds. The molecule has 0 aliphatic rings. The second kappa shape index (κ2) is 6.07. The Bertz CT molecular complexity index is 680. The summed E-state index contributed by atoms with van der Waals surface area (Å²) >= 11 is 3.29. The van der Waals surface area contributed by atoms with E-state index in [0.717, 1.165) is 16.7 Å². The number of hydrogen-bond acceptors (Lipinski definition) is 3. The highest BCUT2D eigenvalue weighted by atomic mass is 79.9. The zero-order chi connectivity index (χ0) is 14.8. The summed E-state index contributed by atoms with van der Waals surface area (Å²) in [5.74, 6) is 0. The van der Waals surface area contributed by atoms with Crippen LogP contribution in [0, 0.1) is 0 Å². The molecule has 0 saturated heterocycles. The van der Waals surface area contributed by atoms with Crippen LogP contribution in [0.3, 0.4) is 0 Å². The summed E-state index contributed by atoms with van der Waals surface area (Å²) in [6.45, 7) is 3.01. The number of hydrogen-bond donors (Lipinski definition) is 0. The molecule has 0 fully saturated rings. The Balaban J connectivity index is 2.18. The van der Waals surface area contributed by atoms with Crippen molar-refractivity contribution in [1.82, 2.24) is 14.1 Å². The summed E-state index contributed by atoms with van der Waals surface area (Å²) in [7, 11) is -1.93. The predicted molar refractivity (Wildman–Crippen MR) is 80.7 cm³/mol. The van der Waals surface area contributed by atoms with Gasteiger partial charge in [0.2, 0.25) is 10.0 Å². The smallest absolute Gasteiger partial charge is 0.243 e. The Kier molecular flexibility index (Phi) is 4.62. The van der Waals surface area contributed by atoms with E-state index in [1.165, 1.54) is 4.31 Å². The fraction of sp³-hybridized carbons (Fsp3) is 0.308. The average molecular weight is 358 g/mol. The van der Waals surface area contributed by atoms with Crippen molar-refractivity contribution in [3.05, 3.63) is 46.7 Å². The van der Waals surface area contributed by atoms with Crippen LogP contribution in [0.5, 0.6) is 0 Å². The molecule has 0 saturated carbocycles. The quantitative estimate of drug-likeness (QED) is 0.825. The molecule has 0 bridgehead atoms. The van der Waals surface area contributed by atoms with E-state index in [2.05, 4.69) is 21.0 Å². The van der Waals surface area contributed by atoms with E-state index < -0.39 is 10.0 Å². The fourth-order valence-corrected chi connectivity index (χ4v) is 3.17. The maximum atomic E-state index is 12.4. The lowest BCUT2D eigenvalue weighted by atomic mass is 10.4. The Hall–Kier alpha value is -1.18. The highest BCUT2D eigenvalue weighted by Gasteiger charge is 2.21. The van der Waals surface area contributed by atoms with Gasteiger partial charge in [-0.25, -0.2) is 8.42 Å². The van der Waals surface area contributed by atoms with Crippen molar-refractivity contribution in [3.63, 3.8) is 0 Å². The van der Waals surface area contributed by atoms with E-state index in [-0.39, 0.29) is 11.4 Å². The molecule has 2 aromatic rings. The molecule has 0 spiro atoms. The summed E-state index contributed by atoms with van der Waals surface area (Å²) in [5, 5.41) is 4.29. The van der Waals surface area contributed by atoms with Crippen LogP contribution in [-0.2, 0) is 23.1 Å². The van der Waals surface area contributed by atoms with Crippen LogP contribution in [0.4, 0.5) is 0 Å². The standard InChI is InChI=1S/C13H16BrN3O2S/c1-3-17-9-8-12(15-17)10-16(2)20(18,19)13-6-4-11(14)5-7-13/h4-9H,3,10H2,1-2H3. The number of aromatic nitrogens is 2. The first-order chi connectivity index (χ1) is 9.43. The molecule has 5 nitrogen and oxygen atoms in total.